The normalized spacial score (nSPS) is 23.0. The molecule has 0 aliphatic heterocycles. The smallest absolute Gasteiger partial charge is 0.374 e. The Morgan fingerprint density at radius 1 is 1.04 bits per heavy atom. The molecule has 0 N–H and O–H groups in total. The summed E-state index contributed by atoms with van der Waals surface area (Å²) in [6.45, 7) is 2.58. The number of ether oxygens (including phenoxy) is 1. The molecule has 1 aliphatic rings. The maximum Gasteiger partial charge on any atom is 0.416 e. The first-order chi connectivity index (χ1) is 11.0. The van der Waals surface area contributed by atoms with Crippen LogP contribution in [0.4, 0.5) is 13.2 Å². The van der Waals surface area contributed by atoms with Crippen LogP contribution >= 0.6 is 0 Å². The molecule has 0 amide bonds. The molecular weight excluding hydrogens is 301 g/mol. The largest absolute Gasteiger partial charge is 0.416 e. The molecule has 23 heavy (non-hydrogen) atoms. The van der Waals surface area contributed by atoms with Crippen molar-refractivity contribution in [2.24, 2.45) is 0 Å². The molecule has 1 aliphatic carbocycles. The van der Waals surface area contributed by atoms with Gasteiger partial charge in [-0.15, -0.1) is 0 Å². The first-order valence-electron chi connectivity index (χ1n) is 8.07. The molecule has 0 heterocycles. The van der Waals surface area contributed by atoms with E-state index in [1.807, 2.05) is 31.2 Å². The fourth-order valence-electron chi connectivity index (χ4n) is 2.94. The van der Waals surface area contributed by atoms with E-state index >= 15 is 0 Å². The molecule has 0 saturated heterocycles. The van der Waals surface area contributed by atoms with Crippen molar-refractivity contribution >= 4 is 0 Å². The second kappa shape index (κ2) is 8.34. The van der Waals surface area contributed by atoms with E-state index < -0.39 is 11.7 Å². The van der Waals surface area contributed by atoms with Crippen LogP contribution in [-0.4, -0.2) is 12.7 Å². The van der Waals surface area contributed by atoms with Crippen molar-refractivity contribution in [1.29, 1.82) is 0 Å². The average molecular weight is 324 g/mol. The standard InChI is InChI=1S/C19H23F3O/c1-2-3-4-5-14-23-18-12-8-16(9-13-18)15-6-10-17(11-7-15)19(20,21)22/h2-7,10-11,16,18H,8-9,12-14H2,1H3/b3-2+,5-4+. The Bertz CT molecular complexity index is 521. The molecule has 0 radical (unpaired) electrons. The lowest BCUT2D eigenvalue weighted by molar-refractivity contribution is -0.137. The van der Waals surface area contributed by atoms with Gasteiger partial charge in [0.25, 0.3) is 0 Å². The zero-order chi connectivity index (χ0) is 16.7. The predicted octanol–water partition coefficient (Wildman–Crippen LogP) is 5.88. The molecule has 1 nitrogen and oxygen atoms in total. The molecule has 1 fully saturated rings. The van der Waals surface area contributed by atoms with Gasteiger partial charge < -0.3 is 4.74 Å². The van der Waals surface area contributed by atoms with Crippen LogP contribution in [0.15, 0.2) is 48.6 Å². The van der Waals surface area contributed by atoms with Crippen LogP contribution in [0, 0.1) is 0 Å². The number of hydrogen-bond acceptors (Lipinski definition) is 1. The zero-order valence-corrected chi connectivity index (χ0v) is 13.4. The van der Waals surface area contributed by atoms with Gasteiger partial charge >= 0.3 is 6.18 Å². The van der Waals surface area contributed by atoms with Crippen molar-refractivity contribution < 1.29 is 17.9 Å². The molecule has 0 bridgehead atoms. The van der Waals surface area contributed by atoms with Crippen molar-refractivity contribution in [3.8, 4) is 0 Å². The number of hydrogen-bond donors (Lipinski definition) is 0. The Morgan fingerprint density at radius 3 is 2.26 bits per heavy atom. The molecule has 1 saturated carbocycles. The number of benzene rings is 1. The Labute approximate surface area is 135 Å². The highest BCUT2D eigenvalue weighted by atomic mass is 19.4. The number of halogens is 3. The van der Waals surface area contributed by atoms with Crippen molar-refractivity contribution in [1.82, 2.24) is 0 Å². The van der Waals surface area contributed by atoms with Gasteiger partial charge in [0.1, 0.15) is 0 Å². The molecule has 126 valence electrons. The fourth-order valence-corrected chi connectivity index (χ4v) is 2.94. The lowest BCUT2D eigenvalue weighted by atomic mass is 9.82. The Hall–Kier alpha value is -1.55. The Kier molecular flexibility index (Phi) is 6.46. The van der Waals surface area contributed by atoms with E-state index in [1.165, 1.54) is 12.1 Å². The van der Waals surface area contributed by atoms with E-state index in [2.05, 4.69) is 0 Å². The van der Waals surface area contributed by atoms with Gasteiger partial charge in [-0.2, -0.15) is 13.2 Å². The van der Waals surface area contributed by atoms with Crippen molar-refractivity contribution in [3.05, 3.63) is 59.7 Å². The van der Waals surface area contributed by atoms with Gasteiger partial charge in [0.05, 0.1) is 18.3 Å². The van der Waals surface area contributed by atoms with Gasteiger partial charge in [-0.05, 0) is 56.2 Å². The van der Waals surface area contributed by atoms with Gasteiger partial charge in [-0.3, -0.25) is 0 Å². The van der Waals surface area contributed by atoms with Crippen LogP contribution in [0.2, 0.25) is 0 Å². The highest BCUT2D eigenvalue weighted by Gasteiger charge is 2.30. The van der Waals surface area contributed by atoms with Gasteiger partial charge in [0, 0.05) is 0 Å². The predicted molar refractivity (Wildman–Crippen MR) is 86.3 cm³/mol. The van der Waals surface area contributed by atoms with Crippen molar-refractivity contribution in [2.45, 2.75) is 50.8 Å². The number of alkyl halides is 3. The van der Waals surface area contributed by atoms with Crippen LogP contribution in [0.1, 0.15) is 49.7 Å². The summed E-state index contributed by atoms with van der Waals surface area (Å²) >= 11 is 0. The molecule has 1 aromatic rings. The first-order valence-corrected chi connectivity index (χ1v) is 8.07. The maximum absolute atomic E-state index is 12.6. The summed E-state index contributed by atoms with van der Waals surface area (Å²) in [6, 6.07) is 5.61. The number of allylic oxidation sites excluding steroid dienone is 3. The summed E-state index contributed by atoms with van der Waals surface area (Å²) in [7, 11) is 0. The van der Waals surface area contributed by atoms with Gasteiger partial charge in [0.15, 0.2) is 0 Å². The summed E-state index contributed by atoms with van der Waals surface area (Å²) in [5.74, 6) is 0.343. The third-order valence-corrected chi connectivity index (χ3v) is 4.25. The van der Waals surface area contributed by atoms with Crippen LogP contribution in [-0.2, 0) is 10.9 Å². The summed E-state index contributed by atoms with van der Waals surface area (Å²) in [6.07, 6.45) is 7.74. The zero-order valence-electron chi connectivity index (χ0n) is 13.4. The lowest BCUT2D eigenvalue weighted by Crippen LogP contribution is -2.21. The second-order valence-electron chi connectivity index (χ2n) is 5.88. The molecule has 1 aromatic carbocycles. The highest BCUT2D eigenvalue weighted by molar-refractivity contribution is 5.27. The Balaban J connectivity index is 1.80. The monoisotopic (exact) mass is 324 g/mol. The van der Waals surface area contributed by atoms with Crippen LogP contribution in [0.3, 0.4) is 0 Å². The van der Waals surface area contributed by atoms with E-state index in [-0.39, 0.29) is 6.10 Å². The third kappa shape index (κ3) is 5.54. The molecular formula is C19H23F3O. The van der Waals surface area contributed by atoms with Crippen molar-refractivity contribution in [3.63, 3.8) is 0 Å². The van der Waals surface area contributed by atoms with Crippen LogP contribution in [0.25, 0.3) is 0 Å². The van der Waals surface area contributed by atoms with Crippen molar-refractivity contribution in [2.75, 3.05) is 6.61 Å². The second-order valence-corrected chi connectivity index (χ2v) is 5.88. The topological polar surface area (TPSA) is 9.23 Å². The van der Waals surface area contributed by atoms with Crippen LogP contribution < -0.4 is 0 Å². The van der Waals surface area contributed by atoms with Crippen LogP contribution in [0.5, 0.6) is 0 Å². The van der Waals surface area contributed by atoms with E-state index in [4.69, 9.17) is 4.74 Å². The minimum absolute atomic E-state index is 0.260. The molecule has 0 atom stereocenters. The summed E-state index contributed by atoms with van der Waals surface area (Å²) in [4.78, 5) is 0. The van der Waals surface area contributed by atoms with E-state index in [9.17, 15) is 13.2 Å². The Morgan fingerprint density at radius 2 is 1.70 bits per heavy atom. The average Bonchev–Trinajstić information content (AvgIpc) is 2.55. The maximum atomic E-state index is 12.6. The SMILES string of the molecule is C/C=C/C=C/COC1CCC(c2ccc(C(F)(F)F)cc2)CC1. The van der Waals surface area contributed by atoms with E-state index in [0.29, 0.717) is 12.5 Å². The highest BCUT2D eigenvalue weighted by Crippen LogP contribution is 2.36. The first kappa shape index (κ1) is 17.8. The number of rotatable bonds is 5. The third-order valence-electron chi connectivity index (χ3n) is 4.25. The van der Waals surface area contributed by atoms with Gasteiger partial charge in [-0.1, -0.05) is 36.4 Å². The van der Waals surface area contributed by atoms with E-state index in [1.54, 1.807) is 12.1 Å². The molecule has 0 aromatic heterocycles. The summed E-state index contributed by atoms with van der Waals surface area (Å²) in [5.41, 5.74) is 0.426. The molecule has 0 spiro atoms. The summed E-state index contributed by atoms with van der Waals surface area (Å²) < 4.78 is 43.6. The fraction of sp³-hybridized carbons (Fsp3) is 0.474. The van der Waals surface area contributed by atoms with E-state index in [0.717, 1.165) is 31.2 Å². The molecule has 0 unspecified atom stereocenters. The van der Waals surface area contributed by atoms with Gasteiger partial charge in [0.2, 0.25) is 0 Å². The minimum atomic E-state index is -4.26. The lowest BCUT2D eigenvalue weighted by Gasteiger charge is -2.28. The van der Waals surface area contributed by atoms with Gasteiger partial charge in [-0.25, -0.2) is 0 Å². The minimum Gasteiger partial charge on any atom is -0.374 e. The summed E-state index contributed by atoms with van der Waals surface area (Å²) in [5, 5.41) is 0. The quantitative estimate of drug-likeness (QED) is 0.614. The molecule has 4 heteroatoms. The molecule has 2 rings (SSSR count).